The van der Waals surface area contributed by atoms with E-state index in [2.05, 4.69) is 4.98 Å². The average Bonchev–Trinajstić information content (AvgIpc) is 3.34. The lowest BCUT2D eigenvalue weighted by Gasteiger charge is -2.37. The van der Waals surface area contributed by atoms with Crippen LogP contribution in [0, 0.1) is 6.92 Å². The second-order valence-corrected chi connectivity index (χ2v) is 14.3. The number of phenolic OH excluding ortho intramolecular Hbond substituents is 1. The highest BCUT2D eigenvalue weighted by Gasteiger charge is 2.42. The summed E-state index contributed by atoms with van der Waals surface area (Å²) in [5, 5.41) is 20.6. The molecule has 2 aromatic carbocycles. The van der Waals surface area contributed by atoms with Crippen molar-refractivity contribution >= 4 is 27.8 Å². The van der Waals surface area contributed by atoms with Gasteiger partial charge in [0.15, 0.2) is 0 Å². The van der Waals surface area contributed by atoms with Gasteiger partial charge in [-0.3, -0.25) is 0 Å². The molecule has 226 valence electrons. The van der Waals surface area contributed by atoms with Crippen molar-refractivity contribution in [3.8, 4) is 11.5 Å². The Morgan fingerprint density at radius 3 is 2.40 bits per heavy atom. The summed E-state index contributed by atoms with van der Waals surface area (Å²) < 4.78 is 38.8. The molecule has 42 heavy (non-hydrogen) atoms. The summed E-state index contributed by atoms with van der Waals surface area (Å²) >= 11 is 1.12. The first-order valence-corrected chi connectivity index (χ1v) is 16.0. The van der Waals surface area contributed by atoms with Gasteiger partial charge in [-0.15, -0.1) is 0 Å². The number of cyclic esters (lactones) is 1. The van der Waals surface area contributed by atoms with Gasteiger partial charge in [0, 0.05) is 30.8 Å². The summed E-state index contributed by atoms with van der Waals surface area (Å²) in [6.45, 7) is 9.66. The number of benzene rings is 2. The quantitative estimate of drug-likeness (QED) is 0.195. The molecule has 4 rings (SSSR count). The van der Waals surface area contributed by atoms with Gasteiger partial charge >= 0.3 is 16.1 Å². The zero-order valence-electron chi connectivity index (χ0n) is 24.8. The molecule has 0 saturated carbocycles. The first-order valence-electron chi connectivity index (χ1n) is 13.8. The van der Waals surface area contributed by atoms with E-state index in [1.165, 1.54) is 17.0 Å². The number of phenols is 1. The molecule has 1 aliphatic heterocycles. The monoisotopic (exact) mass is 614 g/mol. The van der Waals surface area contributed by atoms with E-state index in [1.807, 2.05) is 39.8 Å². The number of aliphatic hydroxyl groups is 1. The molecule has 3 aromatic rings. The molecule has 0 fully saturated rings. The third-order valence-corrected chi connectivity index (χ3v) is 9.66. The van der Waals surface area contributed by atoms with Gasteiger partial charge in [-0.25, -0.2) is 9.78 Å². The number of rotatable bonds is 10. The second kappa shape index (κ2) is 12.0. The SMILES string of the molecule is CCCC1(CCc2ccc(O)cc2)CC(O)=C(Sc2cc(C)c(OS(=O)(=O)c3nccn3C)cc2C(C)(C)C)C(=O)O1. The van der Waals surface area contributed by atoms with E-state index in [4.69, 9.17) is 8.92 Å². The predicted molar refractivity (Wildman–Crippen MR) is 161 cm³/mol. The molecule has 2 heterocycles. The predicted octanol–water partition coefficient (Wildman–Crippen LogP) is 6.48. The lowest BCUT2D eigenvalue weighted by atomic mass is 9.85. The molecule has 1 unspecified atom stereocenters. The topological polar surface area (TPSA) is 128 Å². The number of carbonyl (C=O) groups excluding carboxylic acids is 1. The number of imidazole rings is 1. The molecular formula is C31H38N2O7S2. The zero-order chi connectivity index (χ0) is 30.9. The van der Waals surface area contributed by atoms with Crippen LogP contribution in [0.3, 0.4) is 0 Å². The van der Waals surface area contributed by atoms with E-state index in [1.54, 1.807) is 38.2 Å². The van der Waals surface area contributed by atoms with Crippen LogP contribution in [0.15, 0.2) is 69.5 Å². The summed E-state index contributed by atoms with van der Waals surface area (Å²) in [6, 6.07) is 10.4. The Morgan fingerprint density at radius 1 is 1.14 bits per heavy atom. The van der Waals surface area contributed by atoms with Crippen molar-refractivity contribution in [2.24, 2.45) is 7.05 Å². The number of hydrogen-bond donors (Lipinski definition) is 2. The van der Waals surface area contributed by atoms with Gasteiger partial charge in [0.25, 0.3) is 5.16 Å². The van der Waals surface area contributed by atoms with Crippen molar-refractivity contribution in [2.75, 3.05) is 0 Å². The third-order valence-electron chi connectivity index (χ3n) is 7.25. The van der Waals surface area contributed by atoms with Crippen LogP contribution in [0.25, 0.3) is 0 Å². The van der Waals surface area contributed by atoms with Crippen molar-refractivity contribution in [1.82, 2.24) is 9.55 Å². The number of nitrogens with zero attached hydrogens (tertiary/aromatic N) is 2. The van der Waals surface area contributed by atoms with Crippen molar-refractivity contribution in [3.05, 3.63) is 76.1 Å². The molecule has 1 aliphatic rings. The Bertz CT molecular complexity index is 1600. The molecule has 0 saturated heterocycles. The fraction of sp³-hybridized carbons (Fsp3) is 0.419. The fourth-order valence-corrected chi connectivity index (χ4v) is 7.40. The number of ether oxygens (including phenoxy) is 1. The number of hydrogen-bond acceptors (Lipinski definition) is 9. The van der Waals surface area contributed by atoms with Gasteiger partial charge in [0.05, 0.1) is 0 Å². The molecule has 2 N–H and O–H groups in total. The van der Waals surface area contributed by atoms with Crippen LogP contribution in [0.5, 0.6) is 11.5 Å². The van der Waals surface area contributed by atoms with Crippen LogP contribution >= 0.6 is 11.8 Å². The summed E-state index contributed by atoms with van der Waals surface area (Å²) in [4.78, 5) is 18.1. The van der Waals surface area contributed by atoms with E-state index in [0.717, 1.165) is 29.3 Å². The molecule has 0 amide bonds. The molecule has 9 nitrogen and oxygen atoms in total. The highest BCUT2D eigenvalue weighted by Crippen LogP contribution is 2.45. The van der Waals surface area contributed by atoms with Crippen LogP contribution in [-0.4, -0.2) is 39.8 Å². The number of thioether (sulfide) groups is 1. The van der Waals surface area contributed by atoms with Crippen molar-refractivity contribution in [1.29, 1.82) is 0 Å². The minimum Gasteiger partial charge on any atom is -0.511 e. The molecule has 1 atom stereocenters. The van der Waals surface area contributed by atoms with Crippen molar-refractivity contribution in [2.45, 2.75) is 87.8 Å². The van der Waals surface area contributed by atoms with Crippen LogP contribution in [0.4, 0.5) is 0 Å². The highest BCUT2D eigenvalue weighted by atomic mass is 32.2. The Labute approximate surface area is 251 Å². The van der Waals surface area contributed by atoms with Gasteiger partial charge in [-0.1, -0.05) is 58.0 Å². The number of aromatic hydroxyl groups is 1. The number of aromatic nitrogens is 2. The minimum atomic E-state index is -4.18. The Hall–Kier alpha value is -3.44. The highest BCUT2D eigenvalue weighted by molar-refractivity contribution is 8.04. The minimum absolute atomic E-state index is 0.0226. The Kier molecular flexibility index (Phi) is 9.03. The molecule has 0 radical (unpaired) electrons. The largest absolute Gasteiger partial charge is 0.511 e. The second-order valence-electron chi connectivity index (χ2n) is 11.8. The summed E-state index contributed by atoms with van der Waals surface area (Å²) in [5.74, 6) is -0.260. The standard InChI is InChI=1S/C31H38N2O7S2/c1-7-13-31(14-12-21-8-10-22(34)11-9-21)19-24(35)27(28(36)39-31)41-26-17-20(2)25(18-23(26)30(3,4)5)40-42(37,38)29-32-15-16-33(29)6/h8-11,15-18,34-35H,7,12-14,19H2,1-6H3. The van der Waals surface area contributed by atoms with Crippen LogP contribution in [0.2, 0.25) is 0 Å². The third kappa shape index (κ3) is 6.95. The summed E-state index contributed by atoms with van der Waals surface area (Å²) in [6.07, 6.45) is 5.63. The Balaban J connectivity index is 1.63. The lowest BCUT2D eigenvalue weighted by Crippen LogP contribution is -2.40. The zero-order valence-corrected chi connectivity index (χ0v) is 26.4. The van der Waals surface area contributed by atoms with Gasteiger partial charge in [-0.2, -0.15) is 8.42 Å². The van der Waals surface area contributed by atoms with E-state index in [0.29, 0.717) is 29.7 Å². The maximum atomic E-state index is 13.4. The van der Waals surface area contributed by atoms with E-state index in [9.17, 15) is 23.4 Å². The molecule has 1 aromatic heterocycles. The molecule has 0 spiro atoms. The number of aliphatic hydroxyl groups excluding tert-OH is 1. The number of aryl methyl sites for hydroxylation is 3. The van der Waals surface area contributed by atoms with Crippen LogP contribution in [0.1, 0.15) is 70.1 Å². The maximum absolute atomic E-state index is 13.4. The first kappa shape index (κ1) is 31.5. The van der Waals surface area contributed by atoms with E-state index >= 15 is 0 Å². The normalized spacial score (nSPS) is 17.8. The van der Waals surface area contributed by atoms with Crippen molar-refractivity contribution < 1.29 is 32.3 Å². The van der Waals surface area contributed by atoms with Crippen LogP contribution in [-0.2, 0) is 38.5 Å². The van der Waals surface area contributed by atoms with Crippen molar-refractivity contribution in [3.63, 3.8) is 0 Å². The van der Waals surface area contributed by atoms with Gasteiger partial charge in [0.2, 0.25) is 0 Å². The molecule has 0 aliphatic carbocycles. The van der Waals surface area contributed by atoms with Gasteiger partial charge in [0.1, 0.15) is 27.8 Å². The lowest BCUT2D eigenvalue weighted by molar-refractivity contribution is -0.159. The molecule has 11 heteroatoms. The summed E-state index contributed by atoms with van der Waals surface area (Å²) in [5.41, 5.74) is 1.00. The Morgan fingerprint density at radius 2 is 1.83 bits per heavy atom. The smallest absolute Gasteiger partial charge is 0.373 e. The fourth-order valence-electron chi connectivity index (χ4n) is 5.06. The van der Waals surface area contributed by atoms with Gasteiger partial charge in [-0.05, 0) is 72.6 Å². The molecular weight excluding hydrogens is 576 g/mol. The van der Waals surface area contributed by atoms with Crippen LogP contribution < -0.4 is 4.18 Å². The maximum Gasteiger partial charge on any atom is 0.373 e. The number of carbonyl (C=O) groups is 1. The van der Waals surface area contributed by atoms with E-state index < -0.39 is 27.1 Å². The number of esters is 1. The molecule has 0 bridgehead atoms. The first-order chi connectivity index (χ1) is 19.6. The summed E-state index contributed by atoms with van der Waals surface area (Å²) in [7, 11) is -2.61. The van der Waals surface area contributed by atoms with Gasteiger partial charge < -0.3 is 23.7 Å². The average molecular weight is 615 g/mol. The van der Waals surface area contributed by atoms with E-state index in [-0.39, 0.29) is 33.7 Å².